The van der Waals surface area contributed by atoms with Gasteiger partial charge in [-0.15, -0.1) is 0 Å². The summed E-state index contributed by atoms with van der Waals surface area (Å²) < 4.78 is 0. The Morgan fingerprint density at radius 1 is 1.36 bits per heavy atom. The van der Waals surface area contributed by atoms with Gasteiger partial charge in [0.1, 0.15) is 0 Å². The Labute approximate surface area is 88.8 Å². The van der Waals surface area contributed by atoms with E-state index in [1.54, 1.807) is 0 Å². The van der Waals surface area contributed by atoms with Gasteiger partial charge in [-0.3, -0.25) is 4.90 Å². The molecule has 0 aromatic carbocycles. The van der Waals surface area contributed by atoms with Crippen molar-refractivity contribution < 1.29 is 0 Å². The van der Waals surface area contributed by atoms with E-state index in [-0.39, 0.29) is 0 Å². The van der Waals surface area contributed by atoms with Gasteiger partial charge in [0.15, 0.2) is 0 Å². The SMILES string of the molecule is CC(C)CC(CN)N1CC(C)CC1C. The third kappa shape index (κ3) is 2.96. The minimum Gasteiger partial charge on any atom is -0.329 e. The van der Waals surface area contributed by atoms with Crippen molar-refractivity contribution >= 4 is 0 Å². The lowest BCUT2D eigenvalue weighted by molar-refractivity contribution is 0.169. The van der Waals surface area contributed by atoms with Crippen molar-refractivity contribution in [2.45, 2.75) is 52.6 Å². The average molecular weight is 198 g/mol. The zero-order chi connectivity index (χ0) is 10.7. The molecule has 1 rings (SSSR count). The molecular weight excluding hydrogens is 172 g/mol. The predicted molar refractivity (Wildman–Crippen MR) is 62.2 cm³/mol. The van der Waals surface area contributed by atoms with Crippen LogP contribution in [-0.4, -0.2) is 30.1 Å². The summed E-state index contributed by atoms with van der Waals surface area (Å²) in [7, 11) is 0. The molecule has 0 aromatic heterocycles. The maximum Gasteiger partial charge on any atom is 0.0223 e. The summed E-state index contributed by atoms with van der Waals surface area (Å²) in [4.78, 5) is 2.62. The monoisotopic (exact) mass is 198 g/mol. The molecule has 3 atom stereocenters. The van der Waals surface area contributed by atoms with E-state index < -0.39 is 0 Å². The molecule has 1 aliphatic heterocycles. The van der Waals surface area contributed by atoms with Gasteiger partial charge in [0.25, 0.3) is 0 Å². The van der Waals surface area contributed by atoms with E-state index in [0.717, 1.165) is 24.4 Å². The Morgan fingerprint density at radius 2 is 2.00 bits per heavy atom. The molecule has 3 unspecified atom stereocenters. The lowest BCUT2D eigenvalue weighted by Crippen LogP contribution is -2.43. The van der Waals surface area contributed by atoms with E-state index in [0.29, 0.717) is 6.04 Å². The first kappa shape index (κ1) is 12.0. The first-order chi connectivity index (χ1) is 6.54. The summed E-state index contributed by atoms with van der Waals surface area (Å²) in [5.41, 5.74) is 5.87. The van der Waals surface area contributed by atoms with Gasteiger partial charge in [-0.05, 0) is 31.6 Å². The topological polar surface area (TPSA) is 29.3 Å². The van der Waals surface area contributed by atoms with Crippen LogP contribution in [0.15, 0.2) is 0 Å². The number of hydrogen-bond donors (Lipinski definition) is 1. The highest BCUT2D eigenvalue weighted by atomic mass is 15.2. The van der Waals surface area contributed by atoms with E-state index in [2.05, 4.69) is 32.6 Å². The molecule has 2 nitrogen and oxygen atoms in total. The Balaban J connectivity index is 2.51. The summed E-state index contributed by atoms with van der Waals surface area (Å²) in [5.74, 6) is 1.61. The van der Waals surface area contributed by atoms with Crippen molar-refractivity contribution in [3.05, 3.63) is 0 Å². The van der Waals surface area contributed by atoms with Crippen LogP contribution in [0.2, 0.25) is 0 Å². The second-order valence-corrected chi connectivity index (χ2v) is 5.41. The van der Waals surface area contributed by atoms with Crippen LogP contribution < -0.4 is 5.73 Å². The summed E-state index contributed by atoms with van der Waals surface area (Å²) in [6, 6.07) is 1.34. The summed E-state index contributed by atoms with van der Waals surface area (Å²) in [5, 5.41) is 0. The number of rotatable bonds is 4. The van der Waals surface area contributed by atoms with E-state index in [1.165, 1.54) is 19.4 Å². The molecule has 1 heterocycles. The average Bonchev–Trinajstić information content (AvgIpc) is 2.41. The number of nitrogens with two attached hydrogens (primary N) is 1. The van der Waals surface area contributed by atoms with Crippen LogP contribution >= 0.6 is 0 Å². The molecule has 1 aliphatic rings. The van der Waals surface area contributed by atoms with Crippen molar-refractivity contribution in [3.8, 4) is 0 Å². The molecule has 1 fully saturated rings. The van der Waals surface area contributed by atoms with Gasteiger partial charge in [-0.1, -0.05) is 20.8 Å². The van der Waals surface area contributed by atoms with Crippen LogP contribution in [-0.2, 0) is 0 Å². The summed E-state index contributed by atoms with van der Waals surface area (Å²) in [6.45, 7) is 11.3. The minimum absolute atomic E-state index is 0.606. The quantitative estimate of drug-likeness (QED) is 0.749. The fraction of sp³-hybridized carbons (Fsp3) is 1.00. The lowest BCUT2D eigenvalue weighted by Gasteiger charge is -2.31. The van der Waals surface area contributed by atoms with Crippen molar-refractivity contribution in [2.75, 3.05) is 13.1 Å². The van der Waals surface area contributed by atoms with Crippen molar-refractivity contribution in [2.24, 2.45) is 17.6 Å². The molecule has 0 radical (unpaired) electrons. The van der Waals surface area contributed by atoms with Gasteiger partial charge in [0.05, 0.1) is 0 Å². The Hall–Kier alpha value is -0.0800. The molecule has 0 amide bonds. The van der Waals surface area contributed by atoms with Gasteiger partial charge < -0.3 is 5.73 Å². The highest BCUT2D eigenvalue weighted by Gasteiger charge is 2.31. The molecule has 84 valence electrons. The van der Waals surface area contributed by atoms with E-state index in [1.807, 2.05) is 0 Å². The van der Waals surface area contributed by atoms with Crippen molar-refractivity contribution in [1.29, 1.82) is 0 Å². The van der Waals surface area contributed by atoms with Crippen LogP contribution in [0.25, 0.3) is 0 Å². The molecule has 0 spiro atoms. The van der Waals surface area contributed by atoms with E-state index >= 15 is 0 Å². The van der Waals surface area contributed by atoms with Crippen LogP contribution in [0.5, 0.6) is 0 Å². The largest absolute Gasteiger partial charge is 0.329 e. The molecule has 0 aromatic rings. The fourth-order valence-electron chi connectivity index (χ4n) is 2.75. The molecular formula is C12H26N2. The number of hydrogen-bond acceptors (Lipinski definition) is 2. The van der Waals surface area contributed by atoms with Crippen LogP contribution in [0, 0.1) is 11.8 Å². The standard InChI is InChI=1S/C12H26N2/c1-9(2)5-12(7-13)14-8-10(3)6-11(14)4/h9-12H,5-8,13H2,1-4H3. The maximum absolute atomic E-state index is 5.87. The van der Waals surface area contributed by atoms with Crippen LogP contribution in [0.3, 0.4) is 0 Å². The molecule has 14 heavy (non-hydrogen) atoms. The van der Waals surface area contributed by atoms with E-state index in [4.69, 9.17) is 5.73 Å². The van der Waals surface area contributed by atoms with Gasteiger partial charge in [0.2, 0.25) is 0 Å². The first-order valence-electron chi connectivity index (χ1n) is 6.00. The van der Waals surface area contributed by atoms with Gasteiger partial charge in [0, 0.05) is 25.2 Å². The molecule has 1 saturated heterocycles. The molecule has 0 aliphatic carbocycles. The summed E-state index contributed by atoms with van der Waals surface area (Å²) in [6.07, 6.45) is 2.59. The minimum atomic E-state index is 0.606. The molecule has 2 heteroatoms. The first-order valence-corrected chi connectivity index (χ1v) is 6.00. The molecule has 0 bridgehead atoms. The van der Waals surface area contributed by atoms with Crippen LogP contribution in [0.4, 0.5) is 0 Å². The Bertz CT molecular complexity index is 168. The van der Waals surface area contributed by atoms with Crippen molar-refractivity contribution in [1.82, 2.24) is 4.90 Å². The Kier molecular flexibility index (Phi) is 4.39. The van der Waals surface area contributed by atoms with Gasteiger partial charge in [-0.2, -0.15) is 0 Å². The Morgan fingerprint density at radius 3 is 2.36 bits per heavy atom. The smallest absolute Gasteiger partial charge is 0.0223 e. The number of likely N-dealkylation sites (tertiary alicyclic amines) is 1. The number of nitrogens with zero attached hydrogens (tertiary/aromatic N) is 1. The summed E-state index contributed by atoms with van der Waals surface area (Å²) >= 11 is 0. The molecule has 2 N–H and O–H groups in total. The second kappa shape index (κ2) is 5.13. The van der Waals surface area contributed by atoms with E-state index in [9.17, 15) is 0 Å². The van der Waals surface area contributed by atoms with Gasteiger partial charge >= 0.3 is 0 Å². The normalized spacial score (nSPS) is 31.3. The van der Waals surface area contributed by atoms with Crippen LogP contribution in [0.1, 0.15) is 40.5 Å². The third-order valence-electron chi connectivity index (χ3n) is 3.32. The fourth-order valence-corrected chi connectivity index (χ4v) is 2.75. The highest BCUT2D eigenvalue weighted by molar-refractivity contribution is 4.86. The lowest BCUT2D eigenvalue weighted by atomic mass is 10.0. The molecule has 0 saturated carbocycles. The second-order valence-electron chi connectivity index (χ2n) is 5.41. The van der Waals surface area contributed by atoms with Crippen molar-refractivity contribution in [3.63, 3.8) is 0 Å². The maximum atomic E-state index is 5.87. The third-order valence-corrected chi connectivity index (χ3v) is 3.32. The van der Waals surface area contributed by atoms with Gasteiger partial charge in [-0.25, -0.2) is 0 Å². The zero-order valence-electron chi connectivity index (χ0n) is 10.2. The highest BCUT2D eigenvalue weighted by Crippen LogP contribution is 2.26. The predicted octanol–water partition coefficient (Wildman–Crippen LogP) is 2.09. The zero-order valence-corrected chi connectivity index (χ0v) is 10.2.